The van der Waals surface area contributed by atoms with E-state index in [9.17, 15) is 10.1 Å². The molecule has 22 heavy (non-hydrogen) atoms. The fraction of sp³-hybridized carbons (Fsp3) is 0.400. The molecule has 1 unspecified atom stereocenters. The van der Waals surface area contributed by atoms with E-state index in [2.05, 4.69) is 16.0 Å². The molecule has 3 heterocycles. The molecule has 0 aromatic carbocycles. The number of aromatic nitrogens is 1. The van der Waals surface area contributed by atoms with Crippen molar-refractivity contribution in [2.45, 2.75) is 25.5 Å². The molecule has 1 aliphatic rings. The molecule has 0 spiro atoms. The Morgan fingerprint density at radius 3 is 2.95 bits per heavy atom. The Balaban J connectivity index is 1.78. The molecule has 2 aromatic rings. The van der Waals surface area contributed by atoms with Crippen molar-refractivity contribution >= 4 is 22.8 Å². The third kappa shape index (κ3) is 3.61. The summed E-state index contributed by atoms with van der Waals surface area (Å²) in [7, 11) is 0. The van der Waals surface area contributed by atoms with Crippen LogP contribution < -0.4 is 4.90 Å². The number of nitrogens with zero attached hydrogens (tertiary/aromatic N) is 3. The molecule has 0 radical (unpaired) electrons. The van der Waals surface area contributed by atoms with Crippen LogP contribution in [0.15, 0.2) is 35.8 Å². The molecule has 0 N–H and O–H groups in total. The van der Waals surface area contributed by atoms with E-state index in [1.165, 1.54) is 17.1 Å². The van der Waals surface area contributed by atoms with Gasteiger partial charge in [0.25, 0.3) is 5.69 Å². The Bertz CT molecular complexity index is 609. The lowest BCUT2D eigenvalue weighted by Gasteiger charge is -2.25. The molecule has 7 heteroatoms. The van der Waals surface area contributed by atoms with Gasteiger partial charge < -0.3 is 9.64 Å². The van der Waals surface area contributed by atoms with Crippen LogP contribution in [0.5, 0.6) is 0 Å². The second-order valence-electron chi connectivity index (χ2n) is 5.23. The first-order valence-corrected chi connectivity index (χ1v) is 8.10. The highest BCUT2D eigenvalue weighted by molar-refractivity contribution is 7.09. The minimum absolute atomic E-state index is 0.0111. The van der Waals surface area contributed by atoms with Crippen LogP contribution in [0.25, 0.3) is 0 Å². The molecule has 3 rings (SSSR count). The first-order chi connectivity index (χ1) is 10.7. The number of rotatable bonds is 6. The van der Waals surface area contributed by atoms with Crippen molar-refractivity contribution in [3.8, 4) is 0 Å². The van der Waals surface area contributed by atoms with Gasteiger partial charge >= 0.3 is 0 Å². The lowest BCUT2D eigenvalue weighted by Crippen LogP contribution is -2.32. The third-order valence-electron chi connectivity index (χ3n) is 3.64. The predicted octanol–water partition coefficient (Wildman–Crippen LogP) is 3.24. The van der Waals surface area contributed by atoms with Gasteiger partial charge in [0.2, 0.25) is 0 Å². The van der Waals surface area contributed by atoms with E-state index in [1.54, 1.807) is 17.4 Å². The number of hydrogen-bond donors (Lipinski definition) is 0. The molecule has 1 atom stereocenters. The van der Waals surface area contributed by atoms with Gasteiger partial charge in [0.05, 0.1) is 17.6 Å². The maximum Gasteiger partial charge on any atom is 0.287 e. The Hall–Kier alpha value is -1.99. The lowest BCUT2D eigenvalue weighted by molar-refractivity contribution is -0.385. The van der Waals surface area contributed by atoms with Gasteiger partial charge in [-0.1, -0.05) is 6.07 Å². The monoisotopic (exact) mass is 319 g/mol. The molecule has 0 aliphatic carbocycles. The summed E-state index contributed by atoms with van der Waals surface area (Å²) in [6, 6.07) is 7.31. The first-order valence-electron chi connectivity index (χ1n) is 7.22. The highest BCUT2D eigenvalue weighted by Crippen LogP contribution is 2.23. The van der Waals surface area contributed by atoms with Gasteiger partial charge in [-0.2, -0.15) is 0 Å². The normalized spacial score (nSPS) is 17.5. The molecule has 0 saturated carbocycles. The van der Waals surface area contributed by atoms with Crippen LogP contribution in [0.4, 0.5) is 11.5 Å². The van der Waals surface area contributed by atoms with Crippen molar-refractivity contribution in [3.05, 3.63) is 50.8 Å². The minimum Gasteiger partial charge on any atom is -0.376 e. The zero-order chi connectivity index (χ0) is 15.4. The summed E-state index contributed by atoms with van der Waals surface area (Å²) >= 11 is 1.69. The van der Waals surface area contributed by atoms with E-state index in [-0.39, 0.29) is 11.8 Å². The highest BCUT2D eigenvalue weighted by Gasteiger charge is 2.21. The SMILES string of the molecule is O=[N+]([O-])c1ccc(N(Cc2cccs2)CC2CCCO2)nc1. The molecular weight excluding hydrogens is 302 g/mol. The van der Waals surface area contributed by atoms with Gasteiger partial charge in [-0.3, -0.25) is 10.1 Å². The molecule has 1 saturated heterocycles. The van der Waals surface area contributed by atoms with Crippen LogP contribution in [0.3, 0.4) is 0 Å². The van der Waals surface area contributed by atoms with Gasteiger partial charge in [0.15, 0.2) is 0 Å². The van der Waals surface area contributed by atoms with E-state index in [0.29, 0.717) is 0 Å². The second-order valence-corrected chi connectivity index (χ2v) is 6.26. The molecule has 1 fully saturated rings. The minimum atomic E-state index is -0.430. The van der Waals surface area contributed by atoms with Crippen molar-refractivity contribution in [1.29, 1.82) is 0 Å². The molecule has 0 amide bonds. The van der Waals surface area contributed by atoms with Gasteiger partial charge in [0, 0.05) is 24.1 Å². The number of nitro groups is 1. The number of thiophene rings is 1. The van der Waals surface area contributed by atoms with Gasteiger partial charge in [-0.25, -0.2) is 4.98 Å². The third-order valence-corrected chi connectivity index (χ3v) is 4.50. The number of pyridine rings is 1. The predicted molar refractivity (Wildman–Crippen MR) is 85.2 cm³/mol. The molecular formula is C15H17N3O3S. The summed E-state index contributed by atoms with van der Waals surface area (Å²) in [4.78, 5) is 17.9. The summed E-state index contributed by atoms with van der Waals surface area (Å²) in [6.07, 6.45) is 3.66. The summed E-state index contributed by atoms with van der Waals surface area (Å²) in [6.45, 7) is 2.30. The Labute approximate surface area is 132 Å². The number of hydrogen-bond acceptors (Lipinski definition) is 6. The van der Waals surface area contributed by atoms with Crippen molar-refractivity contribution < 1.29 is 9.66 Å². The maximum absolute atomic E-state index is 10.8. The standard InChI is InChI=1S/C15H17N3O3S/c19-18(20)12-5-6-15(16-9-12)17(10-13-3-1-7-21-13)11-14-4-2-8-22-14/h2,4-6,8-9,13H,1,3,7,10-11H2. The molecule has 2 aromatic heterocycles. The van der Waals surface area contributed by atoms with E-state index >= 15 is 0 Å². The summed E-state index contributed by atoms with van der Waals surface area (Å²) < 4.78 is 5.71. The van der Waals surface area contributed by atoms with Gasteiger partial charge in [-0.15, -0.1) is 11.3 Å². The molecule has 1 aliphatic heterocycles. The van der Waals surface area contributed by atoms with Crippen LogP contribution in [-0.2, 0) is 11.3 Å². The fourth-order valence-corrected chi connectivity index (χ4v) is 3.26. The summed E-state index contributed by atoms with van der Waals surface area (Å²) in [5.41, 5.74) is 0.0111. The second kappa shape index (κ2) is 6.85. The average Bonchev–Trinajstić information content (AvgIpc) is 3.20. The van der Waals surface area contributed by atoms with Crippen molar-refractivity contribution in [2.24, 2.45) is 0 Å². The van der Waals surface area contributed by atoms with E-state index in [4.69, 9.17) is 4.74 Å². The van der Waals surface area contributed by atoms with E-state index in [0.717, 1.165) is 38.4 Å². The fourth-order valence-electron chi connectivity index (χ4n) is 2.54. The van der Waals surface area contributed by atoms with Crippen LogP contribution in [-0.4, -0.2) is 29.2 Å². The van der Waals surface area contributed by atoms with Crippen molar-refractivity contribution in [2.75, 3.05) is 18.1 Å². The lowest BCUT2D eigenvalue weighted by atomic mass is 10.2. The van der Waals surface area contributed by atoms with Gasteiger partial charge in [0.1, 0.15) is 12.0 Å². The summed E-state index contributed by atoms with van der Waals surface area (Å²) in [5.74, 6) is 0.745. The average molecular weight is 319 g/mol. The summed E-state index contributed by atoms with van der Waals surface area (Å²) in [5, 5.41) is 12.8. The van der Waals surface area contributed by atoms with Crippen LogP contribution in [0.2, 0.25) is 0 Å². The van der Waals surface area contributed by atoms with E-state index < -0.39 is 4.92 Å². The Morgan fingerprint density at radius 1 is 1.45 bits per heavy atom. The molecule has 0 bridgehead atoms. The van der Waals surface area contributed by atoms with Crippen molar-refractivity contribution in [3.63, 3.8) is 0 Å². The highest BCUT2D eigenvalue weighted by atomic mass is 32.1. The zero-order valence-corrected chi connectivity index (χ0v) is 12.9. The van der Waals surface area contributed by atoms with Crippen LogP contribution >= 0.6 is 11.3 Å². The van der Waals surface area contributed by atoms with E-state index in [1.807, 2.05) is 11.4 Å². The maximum atomic E-state index is 10.8. The largest absolute Gasteiger partial charge is 0.376 e. The topological polar surface area (TPSA) is 68.5 Å². The number of ether oxygens (including phenoxy) is 1. The van der Waals surface area contributed by atoms with Crippen molar-refractivity contribution in [1.82, 2.24) is 4.98 Å². The first kappa shape index (κ1) is 14.9. The smallest absolute Gasteiger partial charge is 0.287 e. The number of anilines is 1. The zero-order valence-electron chi connectivity index (χ0n) is 12.1. The van der Waals surface area contributed by atoms with Crippen LogP contribution in [0, 0.1) is 10.1 Å². The quantitative estimate of drug-likeness (QED) is 0.604. The molecule has 6 nitrogen and oxygen atoms in total. The molecule has 116 valence electrons. The Kier molecular flexibility index (Phi) is 4.65. The Morgan fingerprint density at radius 2 is 2.36 bits per heavy atom. The van der Waals surface area contributed by atoms with Crippen LogP contribution in [0.1, 0.15) is 17.7 Å². The van der Waals surface area contributed by atoms with Gasteiger partial charge in [-0.05, 0) is 30.4 Å².